The van der Waals surface area contributed by atoms with Crippen LogP contribution in [0.2, 0.25) is 0 Å². The first-order valence-corrected chi connectivity index (χ1v) is 7.73. The molecular formula is C16H19FN2OS. The molecule has 0 amide bonds. The maximum atomic E-state index is 13.7. The van der Waals surface area contributed by atoms with Gasteiger partial charge in [0, 0.05) is 23.9 Å². The van der Waals surface area contributed by atoms with Gasteiger partial charge in [0.2, 0.25) is 0 Å². The molecule has 0 spiro atoms. The number of halogens is 1. The van der Waals surface area contributed by atoms with E-state index >= 15 is 0 Å². The Morgan fingerprint density at radius 3 is 2.76 bits per heavy atom. The Bertz CT molecular complexity index is 626. The summed E-state index contributed by atoms with van der Waals surface area (Å²) in [6, 6.07) is 6.15. The number of ketones is 1. The molecule has 3 nitrogen and oxygen atoms in total. The second-order valence-corrected chi connectivity index (χ2v) is 6.24. The molecule has 2 rings (SSSR count). The van der Waals surface area contributed by atoms with Crippen LogP contribution in [-0.4, -0.2) is 29.3 Å². The highest BCUT2D eigenvalue weighted by molar-refractivity contribution is 7.09. The van der Waals surface area contributed by atoms with E-state index in [4.69, 9.17) is 0 Å². The summed E-state index contributed by atoms with van der Waals surface area (Å²) >= 11 is 1.61. The molecule has 0 bridgehead atoms. The molecule has 0 aliphatic rings. The van der Waals surface area contributed by atoms with Gasteiger partial charge >= 0.3 is 0 Å². The third-order valence-electron chi connectivity index (χ3n) is 3.43. The number of carbonyl (C=O) groups excluding carboxylic acids is 1. The third kappa shape index (κ3) is 3.95. The van der Waals surface area contributed by atoms with E-state index in [0.717, 1.165) is 12.2 Å². The Balaban J connectivity index is 1.98. The highest BCUT2D eigenvalue weighted by Gasteiger charge is 2.20. The number of aryl methyl sites for hydroxylation is 1. The highest BCUT2D eigenvalue weighted by atomic mass is 32.1. The van der Waals surface area contributed by atoms with Crippen molar-refractivity contribution >= 4 is 17.1 Å². The first kappa shape index (κ1) is 15.8. The van der Waals surface area contributed by atoms with Crippen molar-refractivity contribution in [3.8, 4) is 0 Å². The number of aromatic nitrogens is 1. The fourth-order valence-corrected chi connectivity index (χ4v) is 3.12. The Morgan fingerprint density at radius 1 is 1.43 bits per heavy atom. The summed E-state index contributed by atoms with van der Waals surface area (Å²) in [4.78, 5) is 19.8. The molecule has 0 saturated heterocycles. The van der Waals surface area contributed by atoms with Gasteiger partial charge in [-0.15, -0.1) is 11.3 Å². The second-order valence-electron chi connectivity index (χ2n) is 5.30. The van der Waals surface area contributed by atoms with Crippen LogP contribution >= 0.6 is 11.3 Å². The van der Waals surface area contributed by atoms with Crippen molar-refractivity contribution in [2.24, 2.45) is 5.92 Å². The minimum absolute atomic E-state index is 0.152. The Hall–Kier alpha value is -1.59. The predicted octanol–water partition coefficient (Wildman–Crippen LogP) is 3.54. The van der Waals surface area contributed by atoms with Gasteiger partial charge in [0.25, 0.3) is 0 Å². The van der Waals surface area contributed by atoms with Crippen molar-refractivity contribution in [2.45, 2.75) is 20.4 Å². The van der Waals surface area contributed by atoms with E-state index < -0.39 is 5.82 Å². The van der Waals surface area contributed by atoms with Gasteiger partial charge in [-0.2, -0.15) is 0 Å². The number of hydrogen-bond acceptors (Lipinski definition) is 4. The molecule has 0 fully saturated rings. The van der Waals surface area contributed by atoms with Crippen molar-refractivity contribution in [2.75, 3.05) is 13.6 Å². The standard InChI is InChI=1S/C16H19FN2OS/c1-11(16(20)13-6-4-5-7-14(13)17)8-19(3)9-15-12(2)18-10-21-15/h4-7,10-11H,8-9H2,1-3H3. The summed E-state index contributed by atoms with van der Waals surface area (Å²) in [7, 11) is 1.96. The highest BCUT2D eigenvalue weighted by Crippen LogP contribution is 2.17. The molecule has 0 N–H and O–H groups in total. The van der Waals surface area contributed by atoms with Gasteiger partial charge in [-0.1, -0.05) is 19.1 Å². The molecule has 0 saturated carbocycles. The van der Waals surface area contributed by atoms with Crippen molar-refractivity contribution in [1.82, 2.24) is 9.88 Å². The third-order valence-corrected chi connectivity index (χ3v) is 4.35. The molecule has 1 unspecified atom stereocenters. The van der Waals surface area contributed by atoms with Gasteiger partial charge in [-0.05, 0) is 26.1 Å². The van der Waals surface area contributed by atoms with Crippen LogP contribution in [0.15, 0.2) is 29.8 Å². The Kier molecular flexibility index (Phi) is 5.20. The summed E-state index contributed by atoms with van der Waals surface area (Å²) in [5.74, 6) is -0.851. The normalized spacial score (nSPS) is 12.6. The van der Waals surface area contributed by atoms with Gasteiger partial charge in [-0.3, -0.25) is 4.79 Å². The van der Waals surface area contributed by atoms with E-state index in [1.807, 2.05) is 26.4 Å². The molecule has 112 valence electrons. The minimum atomic E-state index is -0.449. The average molecular weight is 306 g/mol. The topological polar surface area (TPSA) is 33.2 Å². The molecular weight excluding hydrogens is 287 g/mol. The van der Waals surface area contributed by atoms with Crippen LogP contribution in [-0.2, 0) is 6.54 Å². The molecule has 1 atom stereocenters. The molecule has 0 radical (unpaired) electrons. The number of carbonyl (C=O) groups is 1. The van der Waals surface area contributed by atoms with Gasteiger partial charge < -0.3 is 4.90 Å². The maximum Gasteiger partial charge on any atom is 0.169 e. The van der Waals surface area contributed by atoms with Gasteiger partial charge in [0.15, 0.2) is 5.78 Å². The van der Waals surface area contributed by atoms with E-state index in [0.29, 0.717) is 6.54 Å². The number of nitrogens with zero attached hydrogens (tertiary/aromatic N) is 2. The van der Waals surface area contributed by atoms with E-state index in [-0.39, 0.29) is 17.3 Å². The molecule has 5 heteroatoms. The van der Waals surface area contributed by atoms with E-state index in [1.165, 1.54) is 10.9 Å². The summed E-state index contributed by atoms with van der Waals surface area (Å²) < 4.78 is 13.7. The van der Waals surface area contributed by atoms with Gasteiger partial charge in [0.05, 0.1) is 16.8 Å². The summed E-state index contributed by atoms with van der Waals surface area (Å²) in [6.45, 7) is 5.16. The summed E-state index contributed by atoms with van der Waals surface area (Å²) in [5.41, 5.74) is 3.03. The van der Waals surface area contributed by atoms with Crippen LogP contribution < -0.4 is 0 Å². The smallest absolute Gasteiger partial charge is 0.169 e. The maximum absolute atomic E-state index is 13.7. The van der Waals surface area contributed by atoms with Crippen molar-refractivity contribution < 1.29 is 9.18 Å². The van der Waals surface area contributed by atoms with Crippen LogP contribution in [0.1, 0.15) is 27.9 Å². The first-order valence-electron chi connectivity index (χ1n) is 6.85. The van der Waals surface area contributed by atoms with Crippen LogP contribution in [0.3, 0.4) is 0 Å². The molecule has 0 aliphatic carbocycles. The van der Waals surface area contributed by atoms with E-state index in [1.54, 1.807) is 29.5 Å². The second kappa shape index (κ2) is 6.91. The summed E-state index contributed by atoms with van der Waals surface area (Å²) in [6.07, 6.45) is 0. The number of rotatable bonds is 6. The lowest BCUT2D eigenvalue weighted by molar-refractivity contribution is 0.0897. The number of benzene rings is 1. The predicted molar refractivity (Wildman–Crippen MR) is 83.1 cm³/mol. The lowest BCUT2D eigenvalue weighted by Gasteiger charge is -2.20. The van der Waals surface area contributed by atoms with E-state index in [9.17, 15) is 9.18 Å². The van der Waals surface area contributed by atoms with Crippen LogP contribution in [0, 0.1) is 18.7 Å². The Morgan fingerprint density at radius 2 is 2.14 bits per heavy atom. The zero-order valence-corrected chi connectivity index (χ0v) is 13.3. The largest absolute Gasteiger partial charge is 0.301 e. The van der Waals surface area contributed by atoms with Crippen molar-refractivity contribution in [3.05, 3.63) is 51.7 Å². The number of Topliss-reactive ketones (excluding diaryl/α,β-unsaturated/α-hetero) is 1. The van der Waals surface area contributed by atoms with Crippen molar-refractivity contribution in [1.29, 1.82) is 0 Å². The van der Waals surface area contributed by atoms with E-state index in [2.05, 4.69) is 9.88 Å². The monoisotopic (exact) mass is 306 g/mol. The van der Waals surface area contributed by atoms with Gasteiger partial charge in [0.1, 0.15) is 5.82 Å². The quantitative estimate of drug-likeness (QED) is 0.765. The lowest BCUT2D eigenvalue weighted by Crippen LogP contribution is -2.28. The zero-order chi connectivity index (χ0) is 15.4. The fourth-order valence-electron chi connectivity index (χ4n) is 2.26. The van der Waals surface area contributed by atoms with Gasteiger partial charge in [-0.25, -0.2) is 9.37 Å². The van der Waals surface area contributed by atoms with Crippen LogP contribution in [0.4, 0.5) is 4.39 Å². The molecule has 2 aromatic rings. The fraction of sp³-hybridized carbons (Fsp3) is 0.375. The average Bonchev–Trinajstić information content (AvgIpc) is 2.84. The molecule has 1 aromatic carbocycles. The zero-order valence-electron chi connectivity index (χ0n) is 12.5. The number of thiazole rings is 1. The SMILES string of the molecule is Cc1ncsc1CN(C)CC(C)C(=O)c1ccccc1F. The molecule has 0 aliphatic heterocycles. The molecule has 21 heavy (non-hydrogen) atoms. The minimum Gasteiger partial charge on any atom is -0.301 e. The Labute approximate surface area is 128 Å². The molecule has 1 heterocycles. The van der Waals surface area contributed by atoms with Crippen molar-refractivity contribution in [3.63, 3.8) is 0 Å². The lowest BCUT2D eigenvalue weighted by atomic mass is 9.98. The number of hydrogen-bond donors (Lipinski definition) is 0. The van der Waals surface area contributed by atoms with Crippen LogP contribution in [0.5, 0.6) is 0 Å². The summed E-state index contributed by atoms with van der Waals surface area (Å²) in [5, 5.41) is 0. The molecule has 1 aromatic heterocycles. The first-order chi connectivity index (χ1) is 9.99. The van der Waals surface area contributed by atoms with Crippen LogP contribution in [0.25, 0.3) is 0 Å².